The predicted molar refractivity (Wildman–Crippen MR) is 116 cm³/mol. The molecular formula is C23H22N4O2. The van der Waals surface area contributed by atoms with Crippen LogP contribution in [0.1, 0.15) is 0 Å². The van der Waals surface area contributed by atoms with Crippen LogP contribution in [-0.4, -0.2) is 40.5 Å². The highest BCUT2D eigenvalue weighted by Crippen LogP contribution is 2.27. The molecule has 1 aromatic heterocycles. The van der Waals surface area contributed by atoms with E-state index in [0.717, 1.165) is 34.4 Å². The Hall–Kier alpha value is -3.93. The molecular weight excluding hydrogens is 364 g/mol. The summed E-state index contributed by atoms with van der Waals surface area (Å²) in [5.41, 5.74) is 2.71. The summed E-state index contributed by atoms with van der Waals surface area (Å²) in [5, 5.41) is 13.7. The van der Waals surface area contributed by atoms with Gasteiger partial charge in [-0.05, 0) is 36.4 Å². The monoisotopic (exact) mass is 386 g/mol. The number of aromatic nitrogens is 2. The van der Waals surface area contributed by atoms with Gasteiger partial charge in [0.25, 0.3) is 0 Å². The molecule has 6 heteroatoms. The summed E-state index contributed by atoms with van der Waals surface area (Å²) >= 11 is 0. The van der Waals surface area contributed by atoms with Gasteiger partial charge in [-0.3, -0.25) is 4.79 Å². The maximum Gasteiger partial charge on any atom is 0.209 e. The number of nitrogens with zero attached hydrogens (tertiary/aromatic N) is 3. The lowest BCUT2D eigenvalue weighted by molar-refractivity contribution is -0.115. The number of rotatable bonds is 4. The third kappa shape index (κ3) is 5.29. The molecule has 146 valence electrons. The summed E-state index contributed by atoms with van der Waals surface area (Å²) in [7, 11) is 3.38. The zero-order valence-electron chi connectivity index (χ0n) is 16.3. The van der Waals surface area contributed by atoms with Gasteiger partial charge < -0.3 is 15.3 Å². The van der Waals surface area contributed by atoms with E-state index < -0.39 is 0 Å². The van der Waals surface area contributed by atoms with E-state index in [1.165, 1.54) is 4.90 Å². The Kier molecular flexibility index (Phi) is 6.37. The second-order valence-electron chi connectivity index (χ2n) is 6.52. The maximum absolute atomic E-state index is 9.43. The van der Waals surface area contributed by atoms with E-state index in [9.17, 15) is 9.90 Å². The number of benzene rings is 3. The average Bonchev–Trinajstić information content (AvgIpc) is 2.76. The fourth-order valence-corrected chi connectivity index (χ4v) is 2.57. The maximum atomic E-state index is 9.43. The minimum Gasteiger partial charge on any atom is -0.508 e. The Bertz CT molecular complexity index is 1080. The standard InChI is InChI=1S/C20H15N3O.C3H7NO/c24-16-12-10-15(11-13-16)21-20-17-8-4-5-9-18(17)22-19(23-20)14-6-2-1-3-7-14;1-4(2)3-5/h1-13,24H,(H,21,22,23);3H,1-2H3. The smallest absolute Gasteiger partial charge is 0.209 e. The number of para-hydroxylation sites is 1. The average molecular weight is 386 g/mol. The van der Waals surface area contributed by atoms with Gasteiger partial charge in [0.15, 0.2) is 5.82 Å². The molecule has 0 unspecified atom stereocenters. The second-order valence-corrected chi connectivity index (χ2v) is 6.52. The molecule has 0 radical (unpaired) electrons. The van der Waals surface area contributed by atoms with Crippen LogP contribution in [0.25, 0.3) is 22.3 Å². The van der Waals surface area contributed by atoms with Crippen molar-refractivity contribution in [3.05, 3.63) is 78.9 Å². The van der Waals surface area contributed by atoms with Crippen LogP contribution in [0.4, 0.5) is 11.5 Å². The molecule has 0 atom stereocenters. The molecule has 0 saturated heterocycles. The number of phenolic OH excluding ortho intramolecular Hbond substituents is 1. The predicted octanol–water partition coefficient (Wildman–Crippen LogP) is 4.45. The van der Waals surface area contributed by atoms with Crippen LogP contribution in [0.2, 0.25) is 0 Å². The molecule has 3 aromatic carbocycles. The van der Waals surface area contributed by atoms with E-state index in [2.05, 4.69) is 10.3 Å². The van der Waals surface area contributed by atoms with Gasteiger partial charge in [0.1, 0.15) is 11.6 Å². The van der Waals surface area contributed by atoms with Crippen LogP contribution in [0.15, 0.2) is 78.9 Å². The quantitative estimate of drug-likeness (QED) is 0.400. The molecule has 0 saturated carbocycles. The van der Waals surface area contributed by atoms with Crippen molar-refractivity contribution in [3.63, 3.8) is 0 Å². The lowest BCUT2D eigenvalue weighted by Crippen LogP contribution is -2.06. The van der Waals surface area contributed by atoms with E-state index in [-0.39, 0.29) is 5.75 Å². The van der Waals surface area contributed by atoms with Gasteiger partial charge in [0, 0.05) is 30.7 Å². The Labute approximate surface area is 169 Å². The van der Waals surface area contributed by atoms with E-state index >= 15 is 0 Å². The van der Waals surface area contributed by atoms with Crippen molar-refractivity contribution in [1.29, 1.82) is 0 Å². The van der Waals surface area contributed by atoms with E-state index in [4.69, 9.17) is 4.98 Å². The van der Waals surface area contributed by atoms with Gasteiger partial charge in [0.2, 0.25) is 6.41 Å². The minimum atomic E-state index is 0.234. The molecule has 1 heterocycles. The van der Waals surface area contributed by atoms with Crippen LogP contribution in [0, 0.1) is 0 Å². The van der Waals surface area contributed by atoms with Crippen LogP contribution in [0.5, 0.6) is 5.75 Å². The van der Waals surface area contributed by atoms with Crippen molar-refractivity contribution in [2.75, 3.05) is 19.4 Å². The third-order valence-corrected chi connectivity index (χ3v) is 3.98. The summed E-state index contributed by atoms with van der Waals surface area (Å²) in [4.78, 5) is 20.2. The molecule has 0 fully saturated rings. The Morgan fingerprint density at radius 3 is 2.14 bits per heavy atom. The van der Waals surface area contributed by atoms with Crippen molar-refractivity contribution in [2.24, 2.45) is 0 Å². The number of carbonyl (C=O) groups excluding carboxylic acids is 1. The fourth-order valence-electron chi connectivity index (χ4n) is 2.57. The normalized spacial score (nSPS) is 10.0. The molecule has 0 spiro atoms. The lowest BCUT2D eigenvalue weighted by Gasteiger charge is -2.11. The summed E-state index contributed by atoms with van der Waals surface area (Å²) in [6.07, 6.45) is 0.750. The van der Waals surface area contributed by atoms with E-state index in [0.29, 0.717) is 5.82 Å². The first-order valence-electron chi connectivity index (χ1n) is 9.07. The number of phenols is 1. The highest BCUT2D eigenvalue weighted by Gasteiger charge is 2.09. The summed E-state index contributed by atoms with van der Waals surface area (Å²) in [6.45, 7) is 0. The largest absolute Gasteiger partial charge is 0.508 e. The fraction of sp³-hybridized carbons (Fsp3) is 0.0870. The molecule has 6 nitrogen and oxygen atoms in total. The first kappa shape index (κ1) is 19.8. The van der Waals surface area contributed by atoms with Gasteiger partial charge in [0.05, 0.1) is 5.52 Å². The number of carbonyl (C=O) groups is 1. The number of hydrogen-bond donors (Lipinski definition) is 2. The Balaban J connectivity index is 0.000000431. The van der Waals surface area contributed by atoms with Gasteiger partial charge in [-0.2, -0.15) is 0 Å². The molecule has 29 heavy (non-hydrogen) atoms. The number of fused-ring (bicyclic) bond motifs is 1. The Morgan fingerprint density at radius 1 is 0.862 bits per heavy atom. The Morgan fingerprint density at radius 2 is 1.48 bits per heavy atom. The zero-order valence-corrected chi connectivity index (χ0v) is 16.3. The number of hydrogen-bond acceptors (Lipinski definition) is 5. The topological polar surface area (TPSA) is 78.4 Å². The minimum absolute atomic E-state index is 0.234. The van der Waals surface area contributed by atoms with Gasteiger partial charge in [-0.1, -0.05) is 42.5 Å². The molecule has 4 rings (SSSR count). The van der Waals surface area contributed by atoms with Gasteiger partial charge in [-0.25, -0.2) is 9.97 Å². The second kappa shape index (κ2) is 9.32. The third-order valence-electron chi connectivity index (χ3n) is 3.98. The molecule has 0 aliphatic rings. The van der Waals surface area contributed by atoms with Crippen LogP contribution >= 0.6 is 0 Å². The number of nitrogens with one attached hydrogen (secondary N) is 1. The summed E-state index contributed by atoms with van der Waals surface area (Å²) < 4.78 is 0. The van der Waals surface area contributed by atoms with Crippen LogP contribution in [0.3, 0.4) is 0 Å². The van der Waals surface area contributed by atoms with Crippen LogP contribution < -0.4 is 5.32 Å². The number of anilines is 2. The van der Waals surface area contributed by atoms with Crippen molar-refractivity contribution in [3.8, 4) is 17.1 Å². The highest BCUT2D eigenvalue weighted by atomic mass is 16.3. The molecule has 2 N–H and O–H groups in total. The van der Waals surface area contributed by atoms with Crippen molar-refractivity contribution in [1.82, 2.24) is 14.9 Å². The SMILES string of the molecule is CN(C)C=O.Oc1ccc(Nc2nc(-c3ccccc3)nc3ccccc23)cc1. The molecule has 4 aromatic rings. The zero-order chi connectivity index (χ0) is 20.6. The molecule has 0 aliphatic carbocycles. The van der Waals surface area contributed by atoms with E-state index in [1.807, 2.05) is 66.7 Å². The highest BCUT2D eigenvalue weighted by molar-refractivity contribution is 5.92. The van der Waals surface area contributed by atoms with Crippen LogP contribution in [-0.2, 0) is 4.79 Å². The van der Waals surface area contributed by atoms with Crippen molar-refractivity contribution in [2.45, 2.75) is 0 Å². The number of aromatic hydroxyl groups is 1. The molecule has 0 aliphatic heterocycles. The van der Waals surface area contributed by atoms with Gasteiger partial charge in [-0.15, -0.1) is 0 Å². The van der Waals surface area contributed by atoms with Gasteiger partial charge >= 0.3 is 0 Å². The lowest BCUT2D eigenvalue weighted by atomic mass is 10.2. The summed E-state index contributed by atoms with van der Waals surface area (Å²) in [6, 6.07) is 24.7. The number of amides is 1. The van der Waals surface area contributed by atoms with Crippen molar-refractivity contribution < 1.29 is 9.90 Å². The molecule has 1 amide bonds. The van der Waals surface area contributed by atoms with E-state index in [1.54, 1.807) is 26.2 Å². The first-order chi connectivity index (χ1) is 14.1. The molecule has 0 bridgehead atoms. The summed E-state index contributed by atoms with van der Waals surface area (Å²) in [5.74, 6) is 1.65. The van der Waals surface area contributed by atoms with Crippen molar-refractivity contribution >= 4 is 28.8 Å². The first-order valence-corrected chi connectivity index (χ1v) is 9.07.